The van der Waals surface area contributed by atoms with Crippen molar-refractivity contribution >= 4 is 16.8 Å². The summed E-state index contributed by atoms with van der Waals surface area (Å²) in [5, 5.41) is 9.68. The lowest BCUT2D eigenvalue weighted by Gasteiger charge is -2.35. The topological polar surface area (TPSA) is 77.0 Å². The Morgan fingerprint density at radius 2 is 1.49 bits per heavy atom. The van der Waals surface area contributed by atoms with E-state index in [1.165, 1.54) is 0 Å². The molecular weight excluding hydrogens is 468 g/mol. The van der Waals surface area contributed by atoms with E-state index in [9.17, 15) is 4.79 Å². The van der Waals surface area contributed by atoms with E-state index in [1.54, 1.807) is 21.3 Å². The smallest absolute Gasteiger partial charge is 0.256 e. The van der Waals surface area contributed by atoms with Gasteiger partial charge in [-0.3, -0.25) is 9.69 Å². The number of carbonyl (C=O) groups is 1. The number of nitrogens with zero attached hydrogens (tertiary/aromatic N) is 4. The second kappa shape index (κ2) is 10.8. The highest BCUT2D eigenvalue weighted by Crippen LogP contribution is 2.40. The summed E-state index contributed by atoms with van der Waals surface area (Å²) in [6, 6.07) is 21.3. The van der Waals surface area contributed by atoms with E-state index in [2.05, 4.69) is 15.1 Å². The van der Waals surface area contributed by atoms with Gasteiger partial charge in [0.05, 0.1) is 32.4 Å². The molecule has 0 unspecified atom stereocenters. The van der Waals surface area contributed by atoms with Crippen LogP contribution in [0.5, 0.6) is 17.2 Å². The van der Waals surface area contributed by atoms with Gasteiger partial charge in [0, 0.05) is 49.2 Å². The summed E-state index contributed by atoms with van der Waals surface area (Å²) >= 11 is 0. The molecule has 1 saturated heterocycles. The molecule has 0 bridgehead atoms. The molecule has 0 aliphatic carbocycles. The Morgan fingerprint density at radius 1 is 0.784 bits per heavy atom. The fraction of sp³-hybridized carbons (Fsp3) is 0.276. The summed E-state index contributed by atoms with van der Waals surface area (Å²) in [5.74, 6) is 1.86. The van der Waals surface area contributed by atoms with E-state index in [0.717, 1.165) is 29.6 Å². The van der Waals surface area contributed by atoms with Crippen molar-refractivity contribution in [1.29, 1.82) is 0 Å². The molecule has 4 aromatic rings. The Bertz CT molecular complexity index is 1400. The SMILES string of the molecule is COc1ccc(CN2CCN(C(=O)c3c(-c4ccccc4)nnc4ccccc34)CC2)c(OC)c1OC. The van der Waals surface area contributed by atoms with Crippen LogP contribution in [0.1, 0.15) is 15.9 Å². The third kappa shape index (κ3) is 4.80. The Hall–Kier alpha value is -4.17. The number of piperazine rings is 1. The van der Waals surface area contributed by atoms with Gasteiger partial charge in [-0.05, 0) is 12.1 Å². The molecule has 0 N–H and O–H groups in total. The molecule has 1 aliphatic rings. The lowest BCUT2D eigenvalue weighted by molar-refractivity contribution is 0.0629. The maximum Gasteiger partial charge on any atom is 0.256 e. The second-order valence-electron chi connectivity index (χ2n) is 8.87. The fourth-order valence-corrected chi connectivity index (χ4v) is 4.86. The van der Waals surface area contributed by atoms with E-state index in [0.29, 0.717) is 53.7 Å². The largest absolute Gasteiger partial charge is 0.493 e. The van der Waals surface area contributed by atoms with Crippen LogP contribution in [-0.2, 0) is 6.54 Å². The van der Waals surface area contributed by atoms with Crippen LogP contribution in [0.15, 0.2) is 66.7 Å². The molecule has 0 atom stereocenters. The van der Waals surface area contributed by atoms with Crippen molar-refractivity contribution in [3.05, 3.63) is 77.9 Å². The molecule has 1 amide bonds. The predicted octanol–water partition coefficient (Wildman–Crippen LogP) is 4.28. The van der Waals surface area contributed by atoms with Gasteiger partial charge in [0.1, 0.15) is 5.69 Å². The first-order valence-corrected chi connectivity index (χ1v) is 12.2. The molecule has 1 aliphatic heterocycles. The van der Waals surface area contributed by atoms with Gasteiger partial charge in [-0.1, -0.05) is 54.6 Å². The molecule has 5 rings (SSSR count). The quantitative estimate of drug-likeness (QED) is 0.376. The summed E-state index contributed by atoms with van der Waals surface area (Å²) in [4.78, 5) is 18.1. The summed E-state index contributed by atoms with van der Waals surface area (Å²) in [7, 11) is 4.85. The Kier molecular flexibility index (Phi) is 7.18. The van der Waals surface area contributed by atoms with Crippen molar-refractivity contribution in [1.82, 2.24) is 20.0 Å². The van der Waals surface area contributed by atoms with Crippen LogP contribution in [0.2, 0.25) is 0 Å². The van der Waals surface area contributed by atoms with Gasteiger partial charge >= 0.3 is 0 Å². The predicted molar refractivity (Wildman–Crippen MR) is 142 cm³/mol. The number of hydrogen-bond acceptors (Lipinski definition) is 7. The first kappa shape index (κ1) is 24.5. The average molecular weight is 499 g/mol. The molecule has 37 heavy (non-hydrogen) atoms. The lowest BCUT2D eigenvalue weighted by Crippen LogP contribution is -2.48. The molecule has 0 radical (unpaired) electrons. The molecule has 2 heterocycles. The number of amides is 1. The van der Waals surface area contributed by atoms with Gasteiger partial charge in [-0.15, -0.1) is 10.2 Å². The van der Waals surface area contributed by atoms with Crippen LogP contribution in [-0.4, -0.2) is 73.4 Å². The van der Waals surface area contributed by atoms with Crippen LogP contribution in [0.25, 0.3) is 22.2 Å². The number of ether oxygens (including phenoxy) is 3. The van der Waals surface area contributed by atoms with Gasteiger partial charge < -0.3 is 19.1 Å². The van der Waals surface area contributed by atoms with Crippen LogP contribution in [0.3, 0.4) is 0 Å². The highest BCUT2D eigenvalue weighted by Gasteiger charge is 2.28. The molecule has 1 fully saturated rings. The summed E-state index contributed by atoms with van der Waals surface area (Å²) in [6.07, 6.45) is 0. The minimum Gasteiger partial charge on any atom is -0.493 e. The van der Waals surface area contributed by atoms with E-state index in [4.69, 9.17) is 14.2 Å². The zero-order valence-corrected chi connectivity index (χ0v) is 21.3. The van der Waals surface area contributed by atoms with Gasteiger partial charge in [-0.25, -0.2) is 0 Å². The zero-order valence-electron chi connectivity index (χ0n) is 21.3. The molecule has 190 valence electrons. The van der Waals surface area contributed by atoms with Gasteiger partial charge in [0.2, 0.25) is 5.75 Å². The standard InChI is InChI=1S/C29H30N4O4/c1-35-24-14-13-21(27(36-2)28(24)37-3)19-32-15-17-33(18-16-32)29(34)25-22-11-7-8-12-23(22)30-31-26(25)20-9-5-4-6-10-20/h4-14H,15-19H2,1-3H3. The summed E-state index contributed by atoms with van der Waals surface area (Å²) in [5.41, 5.74) is 3.82. The highest BCUT2D eigenvalue weighted by atomic mass is 16.5. The van der Waals surface area contributed by atoms with Crippen molar-refractivity contribution in [2.45, 2.75) is 6.54 Å². The molecule has 0 spiro atoms. The van der Waals surface area contributed by atoms with E-state index in [1.807, 2.05) is 71.6 Å². The number of benzene rings is 3. The van der Waals surface area contributed by atoms with Crippen LogP contribution >= 0.6 is 0 Å². The van der Waals surface area contributed by atoms with Crippen LogP contribution < -0.4 is 14.2 Å². The fourth-order valence-electron chi connectivity index (χ4n) is 4.86. The minimum absolute atomic E-state index is 0.0201. The number of rotatable bonds is 7. The van der Waals surface area contributed by atoms with Crippen LogP contribution in [0, 0.1) is 0 Å². The normalized spacial score (nSPS) is 14.0. The summed E-state index contributed by atoms with van der Waals surface area (Å²) in [6.45, 7) is 3.37. The maximum absolute atomic E-state index is 13.9. The Morgan fingerprint density at radius 3 is 2.19 bits per heavy atom. The number of carbonyl (C=O) groups excluding carboxylic acids is 1. The molecule has 8 nitrogen and oxygen atoms in total. The van der Waals surface area contributed by atoms with E-state index >= 15 is 0 Å². The minimum atomic E-state index is -0.0201. The lowest BCUT2D eigenvalue weighted by atomic mass is 10.0. The Labute approximate surface area is 216 Å². The van der Waals surface area contributed by atoms with Crippen molar-refractivity contribution in [2.24, 2.45) is 0 Å². The van der Waals surface area contributed by atoms with Crippen molar-refractivity contribution in [3.8, 4) is 28.5 Å². The molecule has 8 heteroatoms. The third-order valence-corrected chi connectivity index (χ3v) is 6.77. The first-order chi connectivity index (χ1) is 18.1. The molecular formula is C29H30N4O4. The maximum atomic E-state index is 13.9. The number of methoxy groups -OCH3 is 3. The van der Waals surface area contributed by atoms with E-state index in [-0.39, 0.29) is 5.91 Å². The molecule has 1 aromatic heterocycles. The highest BCUT2D eigenvalue weighted by molar-refractivity contribution is 6.10. The number of fused-ring (bicyclic) bond motifs is 1. The third-order valence-electron chi connectivity index (χ3n) is 6.77. The average Bonchev–Trinajstić information content (AvgIpc) is 2.96. The van der Waals surface area contributed by atoms with Crippen molar-refractivity contribution < 1.29 is 19.0 Å². The second-order valence-corrected chi connectivity index (χ2v) is 8.87. The summed E-state index contributed by atoms with van der Waals surface area (Å²) < 4.78 is 16.6. The Balaban J connectivity index is 1.37. The van der Waals surface area contributed by atoms with Crippen molar-refractivity contribution in [2.75, 3.05) is 47.5 Å². The van der Waals surface area contributed by atoms with E-state index < -0.39 is 0 Å². The number of hydrogen-bond donors (Lipinski definition) is 0. The molecule has 3 aromatic carbocycles. The monoisotopic (exact) mass is 498 g/mol. The zero-order chi connectivity index (χ0) is 25.8. The van der Waals surface area contributed by atoms with Gasteiger partial charge in [0.15, 0.2) is 11.5 Å². The number of aromatic nitrogens is 2. The van der Waals surface area contributed by atoms with Crippen molar-refractivity contribution in [3.63, 3.8) is 0 Å². The molecule has 0 saturated carbocycles. The first-order valence-electron chi connectivity index (χ1n) is 12.2. The van der Waals surface area contributed by atoms with Gasteiger partial charge in [-0.2, -0.15) is 0 Å². The van der Waals surface area contributed by atoms with Crippen LogP contribution in [0.4, 0.5) is 0 Å². The van der Waals surface area contributed by atoms with Gasteiger partial charge in [0.25, 0.3) is 5.91 Å².